The van der Waals surface area contributed by atoms with Gasteiger partial charge in [-0.3, -0.25) is 0 Å². The number of nitrogens with zero attached hydrogens (tertiary/aromatic N) is 2. The Morgan fingerprint density at radius 1 is 0.913 bits per heavy atom. The Morgan fingerprint density at radius 2 is 1.70 bits per heavy atom. The summed E-state index contributed by atoms with van der Waals surface area (Å²) < 4.78 is 3.34. The number of aromatic nitrogens is 1. The molecule has 0 N–H and O–H groups in total. The van der Waals surface area contributed by atoms with Crippen LogP contribution >= 0.6 is 15.9 Å². The zero-order valence-electron chi connectivity index (χ0n) is 12.5. The highest BCUT2D eigenvalue weighted by Gasteiger charge is 2.12. The van der Waals surface area contributed by atoms with E-state index in [1.807, 2.05) is 30.3 Å². The molecule has 0 spiro atoms. The van der Waals surface area contributed by atoms with Crippen LogP contribution in [0.15, 0.2) is 65.1 Å². The van der Waals surface area contributed by atoms with E-state index in [-0.39, 0.29) is 0 Å². The van der Waals surface area contributed by atoms with Crippen LogP contribution in [0, 0.1) is 18.3 Å². The maximum Gasteiger partial charge on any atom is 0.0991 e. The summed E-state index contributed by atoms with van der Waals surface area (Å²) in [6.07, 6.45) is 0. The van der Waals surface area contributed by atoms with Crippen molar-refractivity contribution in [3.63, 3.8) is 0 Å². The highest BCUT2D eigenvalue weighted by Crippen LogP contribution is 2.33. The van der Waals surface area contributed by atoms with Crippen LogP contribution in [-0.2, 0) is 0 Å². The van der Waals surface area contributed by atoms with Gasteiger partial charge in [0.05, 0.1) is 22.7 Å². The lowest BCUT2D eigenvalue weighted by molar-refractivity contribution is 1.17. The Bertz CT molecular complexity index is 1100. The Labute approximate surface area is 142 Å². The van der Waals surface area contributed by atoms with Crippen LogP contribution in [0.5, 0.6) is 0 Å². The van der Waals surface area contributed by atoms with Crippen molar-refractivity contribution >= 4 is 37.7 Å². The summed E-state index contributed by atoms with van der Waals surface area (Å²) in [5.74, 6) is 0. The number of nitriles is 1. The molecule has 0 atom stereocenters. The molecule has 110 valence electrons. The third-order valence-corrected chi connectivity index (χ3v) is 5.07. The summed E-state index contributed by atoms with van der Waals surface area (Å²) >= 11 is 3.63. The zero-order chi connectivity index (χ0) is 16.0. The molecule has 0 aliphatic heterocycles. The summed E-state index contributed by atoms with van der Waals surface area (Å²) in [5, 5.41) is 11.5. The third-order valence-electron chi connectivity index (χ3n) is 4.22. The first kappa shape index (κ1) is 14.0. The molecule has 4 rings (SSSR count). The maximum atomic E-state index is 9.20. The smallest absolute Gasteiger partial charge is 0.0991 e. The lowest BCUT2D eigenvalue weighted by Crippen LogP contribution is -1.94. The van der Waals surface area contributed by atoms with Crippen LogP contribution < -0.4 is 0 Å². The molecule has 0 aliphatic rings. The number of aryl methyl sites for hydroxylation is 1. The lowest BCUT2D eigenvalue weighted by atomic mass is 10.1. The average molecular weight is 361 g/mol. The molecule has 0 bridgehead atoms. The van der Waals surface area contributed by atoms with Crippen molar-refractivity contribution in [1.29, 1.82) is 5.26 Å². The van der Waals surface area contributed by atoms with Crippen molar-refractivity contribution in [3.05, 3.63) is 76.3 Å². The number of rotatable bonds is 1. The van der Waals surface area contributed by atoms with Gasteiger partial charge < -0.3 is 4.57 Å². The number of fused-ring (bicyclic) bond motifs is 3. The van der Waals surface area contributed by atoms with Crippen LogP contribution in [0.25, 0.3) is 27.5 Å². The highest BCUT2D eigenvalue weighted by molar-refractivity contribution is 9.10. The molecule has 0 fully saturated rings. The average Bonchev–Trinajstić information content (AvgIpc) is 2.91. The first-order valence-corrected chi connectivity index (χ1v) is 8.18. The van der Waals surface area contributed by atoms with Crippen LogP contribution in [0.4, 0.5) is 0 Å². The van der Waals surface area contributed by atoms with Crippen molar-refractivity contribution in [2.45, 2.75) is 6.92 Å². The molecule has 2 nitrogen and oxygen atoms in total. The molecule has 23 heavy (non-hydrogen) atoms. The summed E-state index contributed by atoms with van der Waals surface area (Å²) in [6, 6.07) is 22.8. The third kappa shape index (κ3) is 2.15. The van der Waals surface area contributed by atoms with Gasteiger partial charge in [0.25, 0.3) is 0 Å². The van der Waals surface area contributed by atoms with Gasteiger partial charge >= 0.3 is 0 Å². The summed E-state index contributed by atoms with van der Waals surface area (Å²) in [5.41, 5.74) is 5.26. The first-order chi connectivity index (χ1) is 11.2. The van der Waals surface area contributed by atoms with Gasteiger partial charge in [0.2, 0.25) is 0 Å². The van der Waals surface area contributed by atoms with E-state index in [1.165, 1.54) is 5.56 Å². The zero-order valence-corrected chi connectivity index (χ0v) is 14.1. The molecule has 0 radical (unpaired) electrons. The molecular weight excluding hydrogens is 348 g/mol. The second kappa shape index (κ2) is 5.26. The van der Waals surface area contributed by atoms with E-state index < -0.39 is 0 Å². The maximum absolute atomic E-state index is 9.20. The van der Waals surface area contributed by atoms with Gasteiger partial charge in [-0.1, -0.05) is 40.2 Å². The van der Waals surface area contributed by atoms with E-state index >= 15 is 0 Å². The Balaban J connectivity index is 2.16. The number of halogens is 1. The first-order valence-electron chi connectivity index (χ1n) is 7.39. The largest absolute Gasteiger partial charge is 0.309 e. The van der Waals surface area contributed by atoms with Crippen molar-refractivity contribution in [2.75, 3.05) is 0 Å². The molecule has 3 aromatic carbocycles. The Hall–Kier alpha value is -2.57. The summed E-state index contributed by atoms with van der Waals surface area (Å²) in [7, 11) is 0. The molecule has 0 aliphatic carbocycles. The number of para-hydroxylation sites is 1. The predicted octanol–water partition coefficient (Wildman–Crippen LogP) is 5.73. The fourth-order valence-electron chi connectivity index (χ4n) is 3.04. The Kier molecular flexibility index (Phi) is 3.21. The molecule has 4 aromatic rings. The molecule has 0 amide bonds. The van der Waals surface area contributed by atoms with Gasteiger partial charge in [0.1, 0.15) is 0 Å². The van der Waals surface area contributed by atoms with E-state index in [0.717, 1.165) is 32.0 Å². The van der Waals surface area contributed by atoms with E-state index in [0.29, 0.717) is 5.56 Å². The van der Waals surface area contributed by atoms with Crippen LogP contribution in [0.3, 0.4) is 0 Å². The normalized spacial score (nSPS) is 11.0. The van der Waals surface area contributed by atoms with Gasteiger partial charge in [-0.2, -0.15) is 5.26 Å². The monoisotopic (exact) mass is 360 g/mol. The summed E-state index contributed by atoms with van der Waals surface area (Å²) in [4.78, 5) is 0. The van der Waals surface area contributed by atoms with E-state index in [1.54, 1.807) is 0 Å². The predicted molar refractivity (Wildman–Crippen MR) is 97.9 cm³/mol. The van der Waals surface area contributed by atoms with Gasteiger partial charge in [-0.15, -0.1) is 0 Å². The van der Waals surface area contributed by atoms with Crippen LogP contribution in [-0.4, -0.2) is 4.57 Å². The lowest BCUT2D eigenvalue weighted by Gasteiger charge is -2.09. The van der Waals surface area contributed by atoms with E-state index in [9.17, 15) is 5.26 Å². The second-order valence-electron chi connectivity index (χ2n) is 5.63. The van der Waals surface area contributed by atoms with Gasteiger partial charge in [-0.25, -0.2) is 0 Å². The van der Waals surface area contributed by atoms with Crippen molar-refractivity contribution in [2.24, 2.45) is 0 Å². The molecule has 0 saturated carbocycles. The topological polar surface area (TPSA) is 28.7 Å². The van der Waals surface area contributed by atoms with Gasteiger partial charge in [0.15, 0.2) is 0 Å². The number of hydrogen-bond acceptors (Lipinski definition) is 1. The second-order valence-corrected chi connectivity index (χ2v) is 6.48. The fourth-order valence-corrected chi connectivity index (χ4v) is 3.41. The van der Waals surface area contributed by atoms with Crippen molar-refractivity contribution in [1.82, 2.24) is 4.57 Å². The SMILES string of the molecule is Cc1ccc(-n2c3ccccc3c3cc(C#N)ccc32)cc1Br. The quantitative estimate of drug-likeness (QED) is 0.426. The van der Waals surface area contributed by atoms with Crippen LogP contribution in [0.1, 0.15) is 11.1 Å². The Morgan fingerprint density at radius 3 is 2.48 bits per heavy atom. The van der Waals surface area contributed by atoms with Gasteiger partial charge in [-0.05, 0) is 48.9 Å². The summed E-state index contributed by atoms with van der Waals surface area (Å²) in [6.45, 7) is 2.08. The van der Waals surface area contributed by atoms with Gasteiger partial charge in [0, 0.05) is 20.9 Å². The fraction of sp³-hybridized carbons (Fsp3) is 0.0500. The van der Waals surface area contributed by atoms with E-state index in [2.05, 4.69) is 63.8 Å². The molecule has 0 unspecified atom stereocenters. The molecular formula is C20H13BrN2. The molecule has 1 aromatic heterocycles. The molecule has 1 heterocycles. The van der Waals surface area contributed by atoms with Crippen LogP contribution in [0.2, 0.25) is 0 Å². The number of benzene rings is 3. The minimum absolute atomic E-state index is 0.686. The van der Waals surface area contributed by atoms with Crippen molar-refractivity contribution in [3.8, 4) is 11.8 Å². The minimum Gasteiger partial charge on any atom is -0.309 e. The molecule has 0 saturated heterocycles. The standard InChI is InChI=1S/C20H13BrN2/c1-13-6-8-15(11-18(13)21)23-19-5-3-2-4-16(19)17-10-14(12-22)7-9-20(17)23/h2-11H,1H3. The highest BCUT2D eigenvalue weighted by atomic mass is 79.9. The van der Waals surface area contributed by atoms with E-state index in [4.69, 9.17) is 0 Å². The van der Waals surface area contributed by atoms with Crippen molar-refractivity contribution < 1.29 is 0 Å². The number of hydrogen-bond donors (Lipinski definition) is 0. The molecule has 3 heteroatoms. The minimum atomic E-state index is 0.686.